The lowest BCUT2D eigenvalue weighted by atomic mass is 10.2. The maximum atomic E-state index is 12.8. The number of carbonyl (C=O) groups excluding carboxylic acids is 1. The van der Waals surface area contributed by atoms with Gasteiger partial charge in [-0.25, -0.2) is 13.2 Å². The number of carbonyl (C=O) groups is 1. The lowest BCUT2D eigenvalue weighted by molar-refractivity contribution is -0.135. The second-order valence-electron chi connectivity index (χ2n) is 5.67. The zero-order valence-corrected chi connectivity index (χ0v) is 16.1. The Kier molecular flexibility index (Phi) is 6.14. The third kappa shape index (κ3) is 4.54. The van der Waals surface area contributed by atoms with Gasteiger partial charge in [-0.15, -0.1) is 0 Å². The molecule has 0 saturated heterocycles. The number of anilines is 1. The number of esters is 1. The first kappa shape index (κ1) is 20.7. The monoisotopic (exact) mass is 436 g/mol. The van der Waals surface area contributed by atoms with Crippen molar-refractivity contribution in [2.45, 2.75) is 9.79 Å². The Balaban J connectivity index is 2.02. The van der Waals surface area contributed by atoms with Gasteiger partial charge in [0.25, 0.3) is 0 Å². The first-order valence-corrected chi connectivity index (χ1v) is 9.87. The van der Waals surface area contributed by atoms with Crippen LogP contribution in [0.4, 0.5) is 10.2 Å². The summed E-state index contributed by atoms with van der Waals surface area (Å²) in [6.07, 6.45) is 0. The van der Waals surface area contributed by atoms with E-state index in [2.05, 4.69) is 5.04 Å². The summed E-state index contributed by atoms with van der Waals surface area (Å²) in [6.45, 7) is 0. The van der Waals surface area contributed by atoms with Gasteiger partial charge in [0.1, 0.15) is 0 Å². The molecule has 0 aliphatic rings. The molecule has 3 aromatic carbocycles. The van der Waals surface area contributed by atoms with Gasteiger partial charge in [-0.2, -0.15) is 0 Å². The highest BCUT2D eigenvalue weighted by Crippen LogP contribution is 2.34. The number of sulfone groups is 1. The third-order valence-corrected chi connectivity index (χ3v) is 5.86. The summed E-state index contributed by atoms with van der Waals surface area (Å²) in [5.74, 6) is -1.42. The van der Waals surface area contributed by atoms with Gasteiger partial charge >= 0.3 is 5.97 Å². The molecule has 0 N–H and O–H groups in total. The molecule has 10 heteroatoms. The molecule has 0 bridgehead atoms. The quantitative estimate of drug-likeness (QED) is 0.318. The molecule has 0 fully saturated rings. The van der Waals surface area contributed by atoms with Crippen molar-refractivity contribution in [2.75, 3.05) is 5.23 Å². The number of hydrogen-bond acceptors (Lipinski definition) is 7. The number of nitrogens with zero attached hydrogens (tertiary/aromatic N) is 1. The zero-order chi connectivity index (χ0) is 21.0. The Labute approximate surface area is 170 Å². The maximum Gasteiger partial charge on any atom is 0.343 e. The van der Waals surface area contributed by atoms with Crippen molar-refractivity contribution in [2.24, 2.45) is 0 Å². The van der Waals surface area contributed by atoms with E-state index in [9.17, 15) is 22.9 Å². The van der Waals surface area contributed by atoms with E-state index in [4.69, 9.17) is 16.3 Å². The fourth-order valence-electron chi connectivity index (χ4n) is 2.41. The van der Waals surface area contributed by atoms with Crippen molar-refractivity contribution in [3.63, 3.8) is 0 Å². The van der Waals surface area contributed by atoms with Crippen molar-refractivity contribution in [3.8, 4) is 5.75 Å². The fourth-order valence-corrected chi connectivity index (χ4v) is 3.83. The minimum atomic E-state index is -3.98. The first-order valence-electron chi connectivity index (χ1n) is 8.01. The summed E-state index contributed by atoms with van der Waals surface area (Å²) >= 11 is 5.77. The average Bonchev–Trinajstić information content (AvgIpc) is 2.74. The average molecular weight is 437 g/mol. The number of halogens is 2. The van der Waals surface area contributed by atoms with Crippen LogP contribution in [0.1, 0.15) is 10.4 Å². The van der Waals surface area contributed by atoms with Gasteiger partial charge in [0.15, 0.2) is 5.75 Å². The number of ether oxygens (including phenoxy) is 1. The second kappa shape index (κ2) is 8.58. The van der Waals surface area contributed by atoms with Gasteiger partial charge in [-0.05, 0) is 53.1 Å². The Bertz CT molecular complexity index is 1120. The second-order valence-corrected chi connectivity index (χ2v) is 8.05. The Morgan fingerprint density at radius 2 is 1.62 bits per heavy atom. The van der Waals surface area contributed by atoms with E-state index in [1.807, 2.05) is 0 Å². The van der Waals surface area contributed by atoms with E-state index in [1.165, 1.54) is 36.4 Å². The number of benzene rings is 3. The topological polar surface area (TPSA) is 96.0 Å². The van der Waals surface area contributed by atoms with E-state index in [0.717, 1.165) is 18.2 Å². The molecular formula is C19H12ClFNO6S-. The SMILES string of the molecule is O=C(Oc1cc(S(=O)(=O)c2ccccc2)ccc1N([O-])OF)c1ccc(Cl)cc1. The molecule has 0 amide bonds. The van der Waals surface area contributed by atoms with Crippen LogP contribution in [0, 0.1) is 5.21 Å². The molecule has 0 radical (unpaired) electrons. The van der Waals surface area contributed by atoms with Crippen LogP contribution in [-0.4, -0.2) is 14.4 Å². The zero-order valence-electron chi connectivity index (χ0n) is 14.5. The van der Waals surface area contributed by atoms with Crippen LogP contribution in [-0.2, 0) is 14.9 Å². The van der Waals surface area contributed by atoms with E-state index >= 15 is 0 Å². The fraction of sp³-hybridized carbons (Fsp3) is 0. The van der Waals surface area contributed by atoms with E-state index < -0.39 is 32.5 Å². The molecule has 0 atom stereocenters. The van der Waals surface area contributed by atoms with E-state index in [1.54, 1.807) is 18.2 Å². The van der Waals surface area contributed by atoms with E-state index in [0.29, 0.717) is 5.02 Å². The highest BCUT2D eigenvalue weighted by molar-refractivity contribution is 7.91. The molecule has 7 nitrogen and oxygen atoms in total. The van der Waals surface area contributed by atoms with Crippen LogP contribution in [0.2, 0.25) is 5.02 Å². The van der Waals surface area contributed by atoms with Gasteiger partial charge in [-0.3, -0.25) is 5.23 Å². The maximum absolute atomic E-state index is 12.8. The Morgan fingerprint density at radius 3 is 2.24 bits per heavy atom. The van der Waals surface area contributed by atoms with Crippen molar-refractivity contribution >= 4 is 33.1 Å². The van der Waals surface area contributed by atoms with Crippen molar-refractivity contribution in [1.82, 2.24) is 0 Å². The molecule has 0 aliphatic heterocycles. The van der Waals surface area contributed by atoms with Crippen LogP contribution < -0.4 is 9.96 Å². The molecule has 0 aliphatic carbocycles. The Hall–Kier alpha value is -2.98. The van der Waals surface area contributed by atoms with Gasteiger partial charge in [0.05, 0.1) is 21.0 Å². The summed E-state index contributed by atoms with van der Waals surface area (Å²) in [4.78, 5) is 12.1. The molecule has 0 heterocycles. The van der Waals surface area contributed by atoms with E-state index in [-0.39, 0.29) is 15.4 Å². The van der Waals surface area contributed by atoms with Crippen molar-refractivity contribution in [3.05, 3.63) is 88.6 Å². The largest absolute Gasteiger partial charge is 0.731 e. The Morgan fingerprint density at radius 1 is 0.966 bits per heavy atom. The third-order valence-electron chi connectivity index (χ3n) is 3.84. The summed E-state index contributed by atoms with van der Waals surface area (Å²) in [5.41, 5.74) is -0.461. The summed E-state index contributed by atoms with van der Waals surface area (Å²) < 4.78 is 43.1. The molecule has 3 aromatic rings. The predicted octanol–water partition coefficient (Wildman–Crippen LogP) is 4.51. The highest BCUT2D eigenvalue weighted by atomic mass is 35.5. The van der Waals surface area contributed by atoms with Gasteiger partial charge in [-0.1, -0.05) is 34.8 Å². The molecule has 0 spiro atoms. The van der Waals surface area contributed by atoms with Crippen LogP contribution >= 0.6 is 11.6 Å². The first-order chi connectivity index (χ1) is 13.8. The predicted molar refractivity (Wildman–Crippen MR) is 103 cm³/mol. The van der Waals surface area contributed by atoms with Gasteiger partial charge < -0.3 is 9.94 Å². The standard InChI is InChI=1S/C19H12ClFNO6S/c20-14-8-6-13(7-9-14)19(23)27-18-12-16(10-11-17(18)22(24)28-21)29(25,26)15-4-2-1-3-5-15/h1-12H/q-1. The highest BCUT2D eigenvalue weighted by Gasteiger charge is 2.21. The molecule has 0 unspecified atom stereocenters. The summed E-state index contributed by atoms with van der Waals surface area (Å²) in [6, 6.07) is 16.1. The lowest BCUT2D eigenvalue weighted by Gasteiger charge is -2.25. The van der Waals surface area contributed by atoms with Crippen LogP contribution in [0.5, 0.6) is 5.75 Å². The minimum Gasteiger partial charge on any atom is -0.731 e. The number of rotatable bonds is 6. The summed E-state index contributed by atoms with van der Waals surface area (Å²) in [5, 5.41) is 14.5. The lowest BCUT2D eigenvalue weighted by Crippen LogP contribution is -2.15. The molecule has 0 aromatic heterocycles. The molecule has 29 heavy (non-hydrogen) atoms. The number of hydrogen-bond donors (Lipinski definition) is 0. The molecule has 0 saturated carbocycles. The van der Waals surface area contributed by atoms with Crippen LogP contribution in [0.3, 0.4) is 0 Å². The normalized spacial score (nSPS) is 11.1. The van der Waals surface area contributed by atoms with Crippen molar-refractivity contribution in [1.29, 1.82) is 0 Å². The van der Waals surface area contributed by atoms with Crippen LogP contribution in [0.15, 0.2) is 82.6 Å². The molecular weight excluding hydrogens is 425 g/mol. The van der Waals surface area contributed by atoms with Gasteiger partial charge in [0, 0.05) is 11.1 Å². The van der Waals surface area contributed by atoms with Gasteiger partial charge in [0.2, 0.25) is 9.84 Å². The smallest absolute Gasteiger partial charge is 0.343 e. The summed E-state index contributed by atoms with van der Waals surface area (Å²) in [7, 11) is -3.98. The molecule has 150 valence electrons. The van der Waals surface area contributed by atoms with Crippen LogP contribution in [0.25, 0.3) is 0 Å². The minimum absolute atomic E-state index is 0.0107. The van der Waals surface area contributed by atoms with Crippen molar-refractivity contribution < 1.29 is 27.5 Å². The molecule has 3 rings (SSSR count).